The third-order valence-electron chi connectivity index (χ3n) is 4.63. The van der Waals surface area contributed by atoms with Crippen molar-refractivity contribution < 1.29 is 14.7 Å². The second-order valence-electron chi connectivity index (χ2n) is 6.57. The average Bonchev–Trinajstić information content (AvgIpc) is 2.80. The van der Waals surface area contributed by atoms with Crippen molar-refractivity contribution in [2.24, 2.45) is 0 Å². The van der Waals surface area contributed by atoms with Crippen molar-refractivity contribution in [3.63, 3.8) is 0 Å². The molecular formula is C24H16N2O4. The quantitative estimate of drug-likeness (QED) is 0.522. The number of ketones is 2. The fourth-order valence-corrected chi connectivity index (χ4v) is 3.12. The van der Waals surface area contributed by atoms with Gasteiger partial charge in [-0.05, 0) is 30.3 Å². The number of rotatable bonds is 5. The van der Waals surface area contributed by atoms with Crippen LogP contribution in [0.5, 0.6) is 5.75 Å². The maximum absolute atomic E-state index is 13.1. The summed E-state index contributed by atoms with van der Waals surface area (Å²) in [5.41, 5.74) is 0.208. The largest absolute Gasteiger partial charge is 0.507 e. The van der Waals surface area contributed by atoms with Crippen LogP contribution in [-0.4, -0.2) is 26.2 Å². The van der Waals surface area contributed by atoms with Gasteiger partial charge < -0.3 is 5.11 Å². The molecule has 0 unspecified atom stereocenters. The lowest BCUT2D eigenvalue weighted by Gasteiger charge is -2.11. The smallest absolute Gasteiger partial charge is 0.266 e. The van der Waals surface area contributed by atoms with Gasteiger partial charge in [0.2, 0.25) is 0 Å². The molecule has 2 heterocycles. The van der Waals surface area contributed by atoms with E-state index in [0.717, 1.165) is 0 Å². The zero-order valence-electron chi connectivity index (χ0n) is 15.7. The van der Waals surface area contributed by atoms with E-state index in [2.05, 4.69) is 4.98 Å². The molecular weight excluding hydrogens is 380 g/mol. The molecule has 0 fully saturated rings. The molecule has 0 radical (unpaired) electrons. The molecule has 4 aromatic rings. The van der Waals surface area contributed by atoms with E-state index in [9.17, 15) is 19.5 Å². The van der Waals surface area contributed by atoms with Crippen molar-refractivity contribution in [2.75, 3.05) is 0 Å². The summed E-state index contributed by atoms with van der Waals surface area (Å²) >= 11 is 0. The van der Waals surface area contributed by atoms with Gasteiger partial charge in [0.05, 0.1) is 23.0 Å². The Labute approximate surface area is 171 Å². The zero-order chi connectivity index (χ0) is 21.1. The lowest BCUT2D eigenvalue weighted by Crippen LogP contribution is -2.27. The number of hydrogen-bond donors (Lipinski definition) is 1. The number of carbonyl (C=O) groups is 2. The lowest BCUT2D eigenvalue weighted by atomic mass is 9.99. The first-order valence-electron chi connectivity index (χ1n) is 9.16. The van der Waals surface area contributed by atoms with E-state index in [4.69, 9.17) is 0 Å². The Morgan fingerprint density at radius 3 is 2.20 bits per heavy atom. The van der Waals surface area contributed by atoms with Crippen molar-refractivity contribution >= 4 is 11.6 Å². The first kappa shape index (κ1) is 19.0. The Morgan fingerprint density at radius 1 is 0.800 bits per heavy atom. The van der Waals surface area contributed by atoms with Gasteiger partial charge in [-0.1, -0.05) is 42.5 Å². The van der Waals surface area contributed by atoms with Crippen molar-refractivity contribution in [3.05, 3.63) is 124 Å². The van der Waals surface area contributed by atoms with Crippen LogP contribution >= 0.6 is 0 Å². The van der Waals surface area contributed by atoms with Crippen molar-refractivity contribution in [1.82, 2.24) is 9.55 Å². The van der Waals surface area contributed by atoms with Crippen LogP contribution < -0.4 is 5.56 Å². The number of phenolic OH excluding ortho intramolecular Hbond substituents is 1. The molecule has 2 aromatic carbocycles. The van der Waals surface area contributed by atoms with Crippen LogP contribution in [0, 0.1) is 0 Å². The fourth-order valence-electron chi connectivity index (χ4n) is 3.12. The van der Waals surface area contributed by atoms with E-state index >= 15 is 0 Å². The van der Waals surface area contributed by atoms with E-state index in [1.807, 2.05) is 0 Å². The van der Waals surface area contributed by atoms with E-state index in [-0.39, 0.29) is 22.4 Å². The maximum atomic E-state index is 13.1. The number of benzene rings is 2. The van der Waals surface area contributed by atoms with E-state index < -0.39 is 17.1 Å². The molecule has 0 aliphatic heterocycles. The highest BCUT2D eigenvalue weighted by molar-refractivity contribution is 6.13. The summed E-state index contributed by atoms with van der Waals surface area (Å²) in [7, 11) is 0. The maximum Gasteiger partial charge on any atom is 0.266 e. The zero-order valence-corrected chi connectivity index (χ0v) is 15.7. The highest BCUT2D eigenvalue weighted by Crippen LogP contribution is 2.21. The Balaban J connectivity index is 1.93. The standard InChI is InChI=1S/C24H16N2O4/c27-21-11-5-4-10-19(21)23(29)17-13-20(22(28)16-7-2-1-3-8-16)24(30)26(15-17)18-9-6-12-25-14-18/h1-15,27H. The van der Waals surface area contributed by atoms with Gasteiger partial charge in [-0.3, -0.25) is 23.9 Å². The topological polar surface area (TPSA) is 89.3 Å². The van der Waals surface area contributed by atoms with Crippen molar-refractivity contribution in [2.45, 2.75) is 0 Å². The van der Waals surface area contributed by atoms with Gasteiger partial charge >= 0.3 is 0 Å². The van der Waals surface area contributed by atoms with Crippen molar-refractivity contribution in [1.29, 1.82) is 0 Å². The van der Waals surface area contributed by atoms with E-state index in [1.54, 1.807) is 60.8 Å². The van der Waals surface area contributed by atoms with Gasteiger partial charge in [0, 0.05) is 23.5 Å². The Morgan fingerprint density at radius 2 is 1.50 bits per heavy atom. The number of pyridine rings is 2. The highest BCUT2D eigenvalue weighted by atomic mass is 16.3. The molecule has 0 aliphatic rings. The molecule has 0 saturated heterocycles. The molecule has 6 heteroatoms. The second-order valence-corrected chi connectivity index (χ2v) is 6.57. The fraction of sp³-hybridized carbons (Fsp3) is 0. The van der Waals surface area contributed by atoms with Crippen LogP contribution in [-0.2, 0) is 0 Å². The van der Waals surface area contributed by atoms with Gasteiger partial charge in [-0.15, -0.1) is 0 Å². The third-order valence-corrected chi connectivity index (χ3v) is 4.63. The average molecular weight is 396 g/mol. The Bertz CT molecular complexity index is 1300. The summed E-state index contributed by atoms with van der Waals surface area (Å²) in [6, 6.07) is 19.1. The number of phenols is 1. The minimum absolute atomic E-state index is 0.0759. The Kier molecular flexibility index (Phi) is 5.05. The van der Waals surface area contributed by atoms with Gasteiger partial charge in [-0.2, -0.15) is 0 Å². The predicted octanol–water partition coefficient (Wildman–Crippen LogP) is 3.40. The molecule has 0 atom stereocenters. The minimum Gasteiger partial charge on any atom is -0.507 e. The monoisotopic (exact) mass is 396 g/mol. The summed E-state index contributed by atoms with van der Waals surface area (Å²) in [6.45, 7) is 0. The molecule has 30 heavy (non-hydrogen) atoms. The van der Waals surface area contributed by atoms with Crippen LogP contribution in [0.25, 0.3) is 5.69 Å². The number of carbonyl (C=O) groups excluding carboxylic acids is 2. The minimum atomic E-state index is -0.564. The summed E-state index contributed by atoms with van der Waals surface area (Å²) in [4.78, 5) is 43.2. The van der Waals surface area contributed by atoms with Crippen molar-refractivity contribution in [3.8, 4) is 11.4 Å². The third kappa shape index (κ3) is 3.54. The van der Waals surface area contributed by atoms with Crippen LogP contribution in [0.1, 0.15) is 31.8 Å². The summed E-state index contributed by atoms with van der Waals surface area (Å²) in [6.07, 6.45) is 4.38. The summed E-state index contributed by atoms with van der Waals surface area (Å²) in [5.74, 6) is -1.18. The molecule has 4 rings (SSSR count). The van der Waals surface area contributed by atoms with Crippen LogP contribution in [0.3, 0.4) is 0 Å². The molecule has 0 amide bonds. The highest BCUT2D eigenvalue weighted by Gasteiger charge is 2.21. The number of nitrogens with zero attached hydrogens (tertiary/aromatic N) is 2. The molecule has 146 valence electrons. The first-order valence-corrected chi connectivity index (χ1v) is 9.16. The van der Waals surface area contributed by atoms with Gasteiger partial charge in [0.1, 0.15) is 5.75 Å². The predicted molar refractivity (Wildman–Crippen MR) is 111 cm³/mol. The molecule has 0 aliphatic carbocycles. The number of aromatic hydroxyl groups is 1. The van der Waals surface area contributed by atoms with Gasteiger partial charge in [0.25, 0.3) is 5.56 Å². The lowest BCUT2D eigenvalue weighted by molar-refractivity contribution is 0.103. The van der Waals surface area contributed by atoms with E-state index in [0.29, 0.717) is 11.3 Å². The summed E-state index contributed by atoms with van der Waals surface area (Å²) in [5, 5.41) is 10.1. The molecule has 1 N–H and O–H groups in total. The van der Waals surface area contributed by atoms with Crippen LogP contribution in [0.4, 0.5) is 0 Å². The SMILES string of the molecule is O=C(c1cc(C(=O)c2ccccc2)c(=O)n(-c2cccnc2)c1)c1ccccc1O. The van der Waals surface area contributed by atoms with Gasteiger partial charge in [0.15, 0.2) is 11.6 Å². The second kappa shape index (κ2) is 7.97. The summed E-state index contributed by atoms with van der Waals surface area (Å²) < 4.78 is 1.22. The van der Waals surface area contributed by atoms with Crippen LogP contribution in [0.2, 0.25) is 0 Å². The molecule has 0 spiro atoms. The molecule has 0 saturated carbocycles. The van der Waals surface area contributed by atoms with Crippen LogP contribution in [0.15, 0.2) is 96.2 Å². The molecule has 2 aromatic heterocycles. The molecule has 0 bridgehead atoms. The number of hydrogen-bond acceptors (Lipinski definition) is 5. The normalized spacial score (nSPS) is 10.5. The first-order chi connectivity index (χ1) is 14.6. The number of para-hydroxylation sites is 1. The Hall–Kier alpha value is -4.32. The molecule has 6 nitrogen and oxygen atoms in total. The number of aromatic nitrogens is 2. The van der Waals surface area contributed by atoms with Gasteiger partial charge in [-0.25, -0.2) is 0 Å². The van der Waals surface area contributed by atoms with E-state index in [1.165, 1.54) is 35.2 Å².